The monoisotopic (exact) mass is 237 g/mol. The number of carbonyl (C=O) groups excluding carboxylic acids is 1. The van der Waals surface area contributed by atoms with Crippen LogP contribution < -0.4 is 5.32 Å². The lowest BCUT2D eigenvalue weighted by Crippen LogP contribution is -2.40. The molecule has 0 bridgehead atoms. The van der Waals surface area contributed by atoms with Crippen molar-refractivity contribution >= 4 is 5.91 Å². The lowest BCUT2D eigenvalue weighted by atomic mass is 10.2. The summed E-state index contributed by atoms with van der Waals surface area (Å²) in [5.41, 5.74) is 0. The molecule has 92 valence electrons. The number of carbonyl (C=O) groups is 1. The fourth-order valence-electron chi connectivity index (χ4n) is 0.927. The molecule has 0 aromatic rings. The zero-order valence-corrected chi connectivity index (χ0v) is 8.68. The summed E-state index contributed by atoms with van der Waals surface area (Å²) in [6, 6.07) is 0. The Hall–Kier alpha value is -1.22. The molecule has 2 N–H and O–H groups in total. The van der Waals surface area contributed by atoms with E-state index in [1.54, 1.807) is 0 Å². The van der Waals surface area contributed by atoms with Crippen molar-refractivity contribution in [3.8, 4) is 12.3 Å². The Morgan fingerprint density at radius 1 is 1.44 bits per heavy atom. The second-order valence-electron chi connectivity index (χ2n) is 3.27. The summed E-state index contributed by atoms with van der Waals surface area (Å²) >= 11 is 0. The lowest BCUT2D eigenvalue weighted by Gasteiger charge is -2.14. The molecule has 0 radical (unpaired) electrons. The van der Waals surface area contributed by atoms with Crippen molar-refractivity contribution in [2.24, 2.45) is 0 Å². The highest BCUT2D eigenvalue weighted by atomic mass is 19.4. The Kier molecular flexibility index (Phi) is 6.58. The van der Waals surface area contributed by atoms with Crippen molar-refractivity contribution in [1.82, 2.24) is 5.32 Å². The van der Waals surface area contributed by atoms with Gasteiger partial charge in [-0.1, -0.05) is 0 Å². The molecule has 0 aliphatic carbocycles. The van der Waals surface area contributed by atoms with E-state index in [1.807, 2.05) is 5.32 Å². The molecule has 0 saturated heterocycles. The highest BCUT2D eigenvalue weighted by molar-refractivity contribution is 5.75. The fourth-order valence-corrected chi connectivity index (χ4v) is 0.927. The average molecular weight is 237 g/mol. The highest BCUT2D eigenvalue weighted by Gasteiger charge is 2.38. The minimum absolute atomic E-state index is 0.117. The molecule has 0 aliphatic rings. The number of unbranched alkanes of at least 4 members (excludes halogenated alkanes) is 2. The quantitative estimate of drug-likeness (QED) is 0.539. The number of halogens is 3. The first-order valence-electron chi connectivity index (χ1n) is 4.83. The van der Waals surface area contributed by atoms with E-state index in [1.165, 1.54) is 0 Å². The van der Waals surface area contributed by atoms with E-state index in [9.17, 15) is 18.0 Å². The Morgan fingerprint density at radius 3 is 2.56 bits per heavy atom. The molecule has 0 aromatic carbocycles. The minimum Gasteiger partial charge on any atom is -0.382 e. The maximum Gasteiger partial charge on any atom is 0.416 e. The zero-order valence-electron chi connectivity index (χ0n) is 8.68. The van der Waals surface area contributed by atoms with Crippen LogP contribution in [0.5, 0.6) is 0 Å². The van der Waals surface area contributed by atoms with Crippen molar-refractivity contribution in [2.75, 3.05) is 6.54 Å². The van der Waals surface area contributed by atoms with Crippen LogP contribution in [0.1, 0.15) is 25.7 Å². The van der Waals surface area contributed by atoms with Crippen molar-refractivity contribution < 1.29 is 23.1 Å². The van der Waals surface area contributed by atoms with Crippen LogP contribution in [0.15, 0.2) is 0 Å². The van der Waals surface area contributed by atoms with Crippen molar-refractivity contribution in [3.63, 3.8) is 0 Å². The molecule has 0 aromatic heterocycles. The number of rotatable bonds is 6. The molecule has 1 unspecified atom stereocenters. The van der Waals surface area contributed by atoms with Gasteiger partial charge in [0, 0.05) is 12.8 Å². The molecule has 0 saturated carbocycles. The standard InChI is InChI=1S/C10H14F3NO2/c1-2-3-4-5-6-9(16)14-7-8(15)10(11,12)13/h1,8,15H,3-7H2,(H,14,16). The molecule has 0 fully saturated rings. The highest BCUT2D eigenvalue weighted by Crippen LogP contribution is 2.19. The lowest BCUT2D eigenvalue weighted by molar-refractivity contribution is -0.201. The third kappa shape index (κ3) is 7.12. The summed E-state index contributed by atoms with van der Waals surface area (Å²) in [5, 5.41) is 10.6. The number of aliphatic hydroxyl groups is 1. The van der Waals surface area contributed by atoms with Crippen LogP contribution in [0.2, 0.25) is 0 Å². The molecule has 6 heteroatoms. The molecule has 1 atom stereocenters. The van der Waals surface area contributed by atoms with E-state index < -0.39 is 24.7 Å². The van der Waals surface area contributed by atoms with Crippen LogP contribution in [-0.4, -0.2) is 29.8 Å². The maximum absolute atomic E-state index is 11.8. The first-order valence-corrected chi connectivity index (χ1v) is 4.83. The Labute approximate surface area is 92.0 Å². The van der Waals surface area contributed by atoms with Crippen LogP contribution in [0.4, 0.5) is 13.2 Å². The van der Waals surface area contributed by atoms with Gasteiger partial charge in [-0.2, -0.15) is 13.2 Å². The summed E-state index contributed by atoms with van der Waals surface area (Å²) in [6.07, 6.45) is -0.385. The smallest absolute Gasteiger partial charge is 0.382 e. The van der Waals surface area contributed by atoms with Crippen LogP contribution in [-0.2, 0) is 4.79 Å². The van der Waals surface area contributed by atoms with Gasteiger partial charge in [-0.05, 0) is 12.8 Å². The largest absolute Gasteiger partial charge is 0.416 e. The summed E-state index contributed by atoms with van der Waals surface area (Å²) in [5.74, 6) is 1.88. The summed E-state index contributed by atoms with van der Waals surface area (Å²) in [6.45, 7) is -0.808. The SMILES string of the molecule is C#CCCCCC(=O)NCC(O)C(F)(F)F. The number of terminal acetylenes is 1. The number of hydrogen-bond acceptors (Lipinski definition) is 2. The predicted octanol–water partition coefficient (Wildman–Crippen LogP) is 1.22. The second kappa shape index (κ2) is 7.12. The molecular formula is C10H14F3NO2. The Bertz CT molecular complexity index is 258. The maximum atomic E-state index is 11.8. The van der Waals surface area contributed by atoms with E-state index in [4.69, 9.17) is 11.5 Å². The zero-order chi connectivity index (χ0) is 12.6. The van der Waals surface area contributed by atoms with Crippen molar-refractivity contribution in [1.29, 1.82) is 0 Å². The van der Waals surface area contributed by atoms with Crippen LogP contribution in [0.25, 0.3) is 0 Å². The van der Waals surface area contributed by atoms with Gasteiger partial charge in [-0.15, -0.1) is 12.3 Å². The van der Waals surface area contributed by atoms with E-state index in [0.29, 0.717) is 19.3 Å². The Balaban J connectivity index is 3.62. The molecule has 3 nitrogen and oxygen atoms in total. The van der Waals surface area contributed by atoms with Crippen molar-refractivity contribution in [3.05, 3.63) is 0 Å². The molecule has 0 rings (SSSR count). The first-order chi connectivity index (χ1) is 7.38. The predicted molar refractivity (Wildman–Crippen MR) is 52.4 cm³/mol. The van der Waals surface area contributed by atoms with Gasteiger partial charge in [0.1, 0.15) is 0 Å². The van der Waals surface area contributed by atoms with Gasteiger partial charge in [0.05, 0.1) is 6.54 Å². The van der Waals surface area contributed by atoms with Crippen LogP contribution in [0, 0.1) is 12.3 Å². The van der Waals surface area contributed by atoms with Crippen molar-refractivity contribution in [2.45, 2.75) is 38.0 Å². The van der Waals surface area contributed by atoms with Gasteiger partial charge in [0.15, 0.2) is 6.10 Å². The third-order valence-electron chi connectivity index (χ3n) is 1.85. The van der Waals surface area contributed by atoms with Crippen LogP contribution >= 0.6 is 0 Å². The fraction of sp³-hybridized carbons (Fsp3) is 0.700. The van der Waals surface area contributed by atoms with E-state index in [-0.39, 0.29) is 6.42 Å². The summed E-state index contributed by atoms with van der Waals surface area (Å²) in [7, 11) is 0. The van der Waals surface area contributed by atoms with E-state index >= 15 is 0 Å². The van der Waals surface area contributed by atoms with E-state index in [0.717, 1.165) is 0 Å². The summed E-state index contributed by atoms with van der Waals surface area (Å²) in [4.78, 5) is 11.0. The average Bonchev–Trinajstić information content (AvgIpc) is 2.19. The number of alkyl halides is 3. The second-order valence-corrected chi connectivity index (χ2v) is 3.27. The Morgan fingerprint density at radius 2 is 2.06 bits per heavy atom. The number of nitrogens with one attached hydrogen (secondary N) is 1. The topological polar surface area (TPSA) is 49.3 Å². The number of hydrogen-bond donors (Lipinski definition) is 2. The minimum atomic E-state index is -4.70. The molecule has 0 heterocycles. The van der Waals surface area contributed by atoms with Gasteiger partial charge >= 0.3 is 6.18 Å². The van der Waals surface area contributed by atoms with E-state index in [2.05, 4.69) is 5.92 Å². The van der Waals surface area contributed by atoms with Gasteiger partial charge in [-0.3, -0.25) is 4.79 Å². The first kappa shape index (κ1) is 14.8. The third-order valence-corrected chi connectivity index (χ3v) is 1.85. The normalized spacial score (nSPS) is 12.9. The number of aliphatic hydroxyl groups excluding tert-OH is 1. The molecular weight excluding hydrogens is 223 g/mol. The molecule has 0 spiro atoms. The van der Waals surface area contributed by atoms with Gasteiger partial charge in [-0.25, -0.2) is 0 Å². The summed E-state index contributed by atoms with van der Waals surface area (Å²) < 4.78 is 35.5. The number of amides is 1. The van der Waals surface area contributed by atoms with Gasteiger partial charge < -0.3 is 10.4 Å². The van der Waals surface area contributed by atoms with Crippen LogP contribution in [0.3, 0.4) is 0 Å². The molecule has 1 amide bonds. The van der Waals surface area contributed by atoms with Gasteiger partial charge in [0.25, 0.3) is 0 Å². The molecule has 16 heavy (non-hydrogen) atoms. The molecule has 0 aliphatic heterocycles. The van der Waals surface area contributed by atoms with Gasteiger partial charge in [0.2, 0.25) is 5.91 Å².